The highest BCUT2D eigenvalue weighted by Gasteiger charge is 2.26. The Hall–Kier alpha value is -4.60. The van der Waals surface area contributed by atoms with Crippen LogP contribution in [0.15, 0.2) is 54.9 Å². The number of hydrogen-bond donors (Lipinski definition) is 2. The number of pyridine rings is 1. The Bertz CT molecular complexity index is 1540. The van der Waals surface area contributed by atoms with E-state index in [1.807, 2.05) is 24.3 Å². The second kappa shape index (κ2) is 10.4. The zero-order valence-electron chi connectivity index (χ0n) is 20.7. The summed E-state index contributed by atoms with van der Waals surface area (Å²) >= 11 is 0. The lowest BCUT2D eigenvalue weighted by Crippen LogP contribution is -2.23. The molecule has 9 nitrogen and oxygen atoms in total. The fourth-order valence-electron chi connectivity index (χ4n) is 4.86. The molecule has 194 valence electrons. The summed E-state index contributed by atoms with van der Waals surface area (Å²) in [6.07, 6.45) is 5.63. The molecule has 0 bridgehead atoms. The summed E-state index contributed by atoms with van der Waals surface area (Å²) < 4.78 is 20.4. The fraction of sp³-hybridized carbons (Fsp3) is 0.250. The van der Waals surface area contributed by atoms with Crippen molar-refractivity contribution in [2.75, 3.05) is 7.11 Å². The van der Waals surface area contributed by atoms with Crippen molar-refractivity contribution in [3.8, 4) is 11.4 Å². The van der Waals surface area contributed by atoms with E-state index in [9.17, 15) is 18.8 Å². The van der Waals surface area contributed by atoms with Gasteiger partial charge in [0.05, 0.1) is 41.3 Å². The molecular formula is C28H26FN5O4. The molecule has 4 aromatic rings. The van der Waals surface area contributed by atoms with E-state index in [1.54, 1.807) is 10.9 Å². The summed E-state index contributed by atoms with van der Waals surface area (Å²) in [4.78, 5) is 41.1. The lowest BCUT2D eigenvalue weighted by atomic mass is 9.85. The number of ketones is 1. The number of carbonyl (C=O) groups excluding carboxylic acids is 3. The molecule has 1 aliphatic carbocycles. The Balaban J connectivity index is 1.40. The standard InChI is InChI=1S/C28H26FN5O4/c1-38-24-11-6-18(29)12-21(24)28(37)32-13-16-2-7-19(8-3-16)34-26-22(15-33-34)25(31-14-23(26)27(30)36)17-4-9-20(35)10-5-17/h2-3,6-8,11-12,14-15,17H,4-5,9-10,13H2,1H3,(H2,30,36)(H,32,37). The highest BCUT2D eigenvalue weighted by molar-refractivity contribution is 6.05. The van der Waals surface area contributed by atoms with Gasteiger partial charge in [0.15, 0.2) is 0 Å². The van der Waals surface area contributed by atoms with Crippen LogP contribution >= 0.6 is 0 Å². The molecule has 1 aliphatic rings. The maximum Gasteiger partial charge on any atom is 0.255 e. The third kappa shape index (κ3) is 4.84. The average Bonchev–Trinajstić information content (AvgIpc) is 3.37. The van der Waals surface area contributed by atoms with E-state index >= 15 is 0 Å². The fourth-order valence-corrected chi connectivity index (χ4v) is 4.86. The molecule has 0 saturated heterocycles. The molecule has 10 heteroatoms. The number of rotatable bonds is 7. The van der Waals surface area contributed by atoms with Gasteiger partial charge in [0.2, 0.25) is 0 Å². The van der Waals surface area contributed by atoms with Crippen molar-refractivity contribution in [3.63, 3.8) is 0 Å². The first-order valence-electron chi connectivity index (χ1n) is 12.2. The quantitative estimate of drug-likeness (QED) is 0.385. The second-order valence-electron chi connectivity index (χ2n) is 9.25. The third-order valence-electron chi connectivity index (χ3n) is 6.87. The first-order chi connectivity index (χ1) is 18.4. The largest absolute Gasteiger partial charge is 0.496 e. The maximum atomic E-state index is 13.6. The molecule has 3 N–H and O–H groups in total. The van der Waals surface area contributed by atoms with Crippen molar-refractivity contribution in [1.82, 2.24) is 20.1 Å². The van der Waals surface area contributed by atoms with Gasteiger partial charge in [-0.1, -0.05) is 12.1 Å². The zero-order valence-corrected chi connectivity index (χ0v) is 20.7. The van der Waals surface area contributed by atoms with Crippen molar-refractivity contribution in [2.24, 2.45) is 5.73 Å². The number of halogens is 1. The molecule has 38 heavy (non-hydrogen) atoms. The van der Waals surface area contributed by atoms with Gasteiger partial charge in [0.1, 0.15) is 17.3 Å². The Morgan fingerprint density at radius 1 is 1.11 bits per heavy atom. The van der Waals surface area contributed by atoms with Crippen molar-refractivity contribution < 1.29 is 23.5 Å². The number of methoxy groups -OCH3 is 1. The van der Waals surface area contributed by atoms with E-state index < -0.39 is 17.6 Å². The van der Waals surface area contributed by atoms with E-state index in [0.717, 1.165) is 22.7 Å². The number of amides is 2. The van der Waals surface area contributed by atoms with Crippen molar-refractivity contribution in [2.45, 2.75) is 38.1 Å². The molecule has 2 aromatic heterocycles. The number of nitrogens with two attached hydrogens (primary N) is 1. The maximum absolute atomic E-state index is 13.6. The van der Waals surface area contributed by atoms with Crippen LogP contribution in [0.2, 0.25) is 0 Å². The lowest BCUT2D eigenvalue weighted by molar-refractivity contribution is -0.120. The Labute approximate surface area is 217 Å². The van der Waals surface area contributed by atoms with E-state index in [4.69, 9.17) is 10.5 Å². The smallest absolute Gasteiger partial charge is 0.255 e. The SMILES string of the molecule is COc1ccc(F)cc1C(=O)NCc1ccc(-n2ncc3c(C4CCC(=O)CC4)ncc(C(N)=O)c32)cc1. The van der Waals surface area contributed by atoms with E-state index in [0.29, 0.717) is 36.9 Å². The van der Waals surface area contributed by atoms with Crippen LogP contribution < -0.4 is 15.8 Å². The number of carbonyl (C=O) groups is 3. The summed E-state index contributed by atoms with van der Waals surface area (Å²) in [7, 11) is 1.42. The molecule has 2 amide bonds. The Morgan fingerprint density at radius 3 is 2.53 bits per heavy atom. The molecular weight excluding hydrogens is 489 g/mol. The van der Waals surface area contributed by atoms with Gasteiger partial charge in [-0.05, 0) is 48.7 Å². The van der Waals surface area contributed by atoms with Crippen molar-refractivity contribution in [1.29, 1.82) is 0 Å². The summed E-state index contributed by atoms with van der Waals surface area (Å²) in [5.41, 5.74) is 8.91. The van der Waals surface area contributed by atoms with Crippen LogP contribution in [0, 0.1) is 5.82 Å². The van der Waals surface area contributed by atoms with E-state index in [1.165, 1.54) is 25.4 Å². The summed E-state index contributed by atoms with van der Waals surface area (Å²) in [5.74, 6) is -0.951. The molecule has 0 radical (unpaired) electrons. The minimum atomic E-state index is -0.610. The number of Topliss-reactive ketones (excluding diaryl/α,β-unsaturated/α-hetero) is 1. The van der Waals surface area contributed by atoms with Crippen LogP contribution in [0.25, 0.3) is 16.6 Å². The van der Waals surface area contributed by atoms with Gasteiger partial charge < -0.3 is 15.8 Å². The normalized spacial score (nSPS) is 14.0. The lowest BCUT2D eigenvalue weighted by Gasteiger charge is -2.21. The number of nitrogens with one attached hydrogen (secondary N) is 1. The van der Waals surface area contributed by atoms with E-state index in [-0.39, 0.29) is 35.1 Å². The second-order valence-corrected chi connectivity index (χ2v) is 9.25. The first-order valence-corrected chi connectivity index (χ1v) is 12.2. The molecule has 2 heterocycles. The van der Waals surface area contributed by atoms with Gasteiger partial charge >= 0.3 is 0 Å². The number of fused-ring (bicyclic) bond motifs is 1. The van der Waals surface area contributed by atoms with Gasteiger partial charge in [-0.15, -0.1) is 0 Å². The highest BCUT2D eigenvalue weighted by atomic mass is 19.1. The monoisotopic (exact) mass is 515 g/mol. The number of nitrogens with zero attached hydrogens (tertiary/aromatic N) is 3. The van der Waals surface area contributed by atoms with Crippen LogP contribution in [0.4, 0.5) is 4.39 Å². The van der Waals surface area contributed by atoms with Crippen LogP contribution in [0.5, 0.6) is 5.75 Å². The first kappa shape index (κ1) is 25.1. The highest BCUT2D eigenvalue weighted by Crippen LogP contribution is 2.35. The Morgan fingerprint density at radius 2 is 1.84 bits per heavy atom. The predicted octanol–water partition coefficient (Wildman–Crippen LogP) is 3.82. The van der Waals surface area contributed by atoms with Gasteiger partial charge in [-0.2, -0.15) is 5.10 Å². The predicted molar refractivity (Wildman–Crippen MR) is 138 cm³/mol. The zero-order chi connectivity index (χ0) is 26.8. The molecule has 0 unspecified atom stereocenters. The molecule has 0 spiro atoms. The van der Waals surface area contributed by atoms with Crippen LogP contribution in [0.1, 0.15) is 63.6 Å². The molecule has 0 aliphatic heterocycles. The van der Waals surface area contributed by atoms with Crippen LogP contribution in [-0.4, -0.2) is 39.5 Å². The van der Waals surface area contributed by atoms with Crippen LogP contribution in [0.3, 0.4) is 0 Å². The number of ether oxygens (including phenoxy) is 1. The van der Waals surface area contributed by atoms with E-state index in [2.05, 4.69) is 15.4 Å². The van der Waals surface area contributed by atoms with Crippen LogP contribution in [-0.2, 0) is 11.3 Å². The van der Waals surface area contributed by atoms with Crippen molar-refractivity contribution in [3.05, 3.63) is 83.1 Å². The summed E-state index contributed by atoms with van der Waals surface area (Å²) in [6.45, 7) is 0.208. The number of hydrogen-bond acceptors (Lipinski definition) is 6. The number of aromatic nitrogens is 3. The number of benzene rings is 2. The molecule has 1 fully saturated rings. The average molecular weight is 516 g/mol. The van der Waals surface area contributed by atoms with Gasteiger partial charge in [-0.3, -0.25) is 19.4 Å². The van der Waals surface area contributed by atoms with Gasteiger partial charge in [0.25, 0.3) is 11.8 Å². The minimum absolute atomic E-state index is 0.109. The molecule has 5 rings (SSSR count). The molecule has 2 aromatic carbocycles. The number of primary amides is 1. The molecule has 0 atom stereocenters. The topological polar surface area (TPSA) is 129 Å². The molecule has 1 saturated carbocycles. The summed E-state index contributed by atoms with van der Waals surface area (Å²) in [5, 5.41) is 8.04. The third-order valence-corrected chi connectivity index (χ3v) is 6.87. The van der Waals surface area contributed by atoms with Gasteiger partial charge in [-0.25, -0.2) is 9.07 Å². The Kier molecular flexibility index (Phi) is 6.87. The van der Waals surface area contributed by atoms with Crippen molar-refractivity contribution >= 4 is 28.5 Å². The van der Waals surface area contributed by atoms with Gasteiger partial charge in [0, 0.05) is 36.9 Å². The minimum Gasteiger partial charge on any atom is -0.496 e. The summed E-state index contributed by atoms with van der Waals surface area (Å²) in [6, 6.07) is 11.1.